The van der Waals surface area contributed by atoms with Crippen molar-refractivity contribution in [3.63, 3.8) is 0 Å². The highest BCUT2D eigenvalue weighted by Crippen LogP contribution is 2.13. The zero-order valence-electron chi connectivity index (χ0n) is 14.6. The molecule has 1 heterocycles. The van der Waals surface area contributed by atoms with Gasteiger partial charge in [-0.05, 0) is 27.7 Å². The molecule has 0 aromatic carbocycles. The zero-order valence-corrected chi connectivity index (χ0v) is 14.6. The average molecular weight is 358 g/mol. The van der Waals surface area contributed by atoms with Crippen molar-refractivity contribution in [2.75, 3.05) is 6.54 Å². The smallest absolute Gasteiger partial charge is 0.407 e. The Morgan fingerprint density at radius 3 is 2.24 bits per heavy atom. The number of esters is 1. The first kappa shape index (κ1) is 20.4. The lowest BCUT2D eigenvalue weighted by Crippen LogP contribution is -2.37. The van der Waals surface area contributed by atoms with E-state index in [4.69, 9.17) is 9.47 Å². The van der Waals surface area contributed by atoms with Crippen LogP contribution in [0.2, 0.25) is 0 Å². The number of nitrogens with zero attached hydrogens (tertiary/aromatic N) is 1. The van der Waals surface area contributed by atoms with E-state index >= 15 is 0 Å². The molecule has 1 fully saturated rings. The number of carbonyl (C=O) groups excluding carboxylic acids is 5. The van der Waals surface area contributed by atoms with E-state index in [1.807, 2.05) is 0 Å². The van der Waals surface area contributed by atoms with Gasteiger partial charge >= 0.3 is 18.0 Å². The van der Waals surface area contributed by atoms with Crippen molar-refractivity contribution in [2.45, 2.75) is 58.7 Å². The van der Waals surface area contributed by atoms with Crippen molar-refractivity contribution in [3.05, 3.63) is 0 Å². The van der Waals surface area contributed by atoms with E-state index in [1.54, 1.807) is 20.8 Å². The van der Waals surface area contributed by atoms with E-state index < -0.39 is 41.6 Å². The van der Waals surface area contributed by atoms with Crippen LogP contribution in [0.5, 0.6) is 0 Å². The largest absolute Gasteiger partial charge is 0.450 e. The Morgan fingerprint density at radius 1 is 1.16 bits per heavy atom. The Kier molecular flexibility index (Phi) is 6.89. The molecule has 0 saturated carbocycles. The molecule has 0 aromatic heterocycles. The number of alkyl carbamates (subject to hydrolysis) is 1. The van der Waals surface area contributed by atoms with Gasteiger partial charge in [-0.2, -0.15) is 0 Å². The van der Waals surface area contributed by atoms with Crippen LogP contribution in [0.1, 0.15) is 47.0 Å². The Hall–Kier alpha value is -2.65. The van der Waals surface area contributed by atoms with Gasteiger partial charge in [0.25, 0.3) is 11.8 Å². The fourth-order valence-electron chi connectivity index (χ4n) is 1.71. The minimum absolute atomic E-state index is 0.0311. The van der Waals surface area contributed by atoms with Gasteiger partial charge in [0.15, 0.2) is 6.10 Å². The molecule has 1 aliphatic heterocycles. The maximum Gasteiger partial charge on any atom is 0.407 e. The molecule has 10 nitrogen and oxygen atoms in total. The van der Waals surface area contributed by atoms with Crippen molar-refractivity contribution < 1.29 is 38.3 Å². The van der Waals surface area contributed by atoms with Crippen LogP contribution in [-0.2, 0) is 33.5 Å². The third kappa shape index (κ3) is 7.19. The molecular weight excluding hydrogens is 336 g/mol. The number of amides is 3. The molecule has 1 saturated heterocycles. The number of hydroxylamine groups is 2. The average Bonchev–Trinajstić information content (AvgIpc) is 2.77. The maximum absolute atomic E-state index is 11.7. The Labute approximate surface area is 144 Å². The second-order valence-corrected chi connectivity index (χ2v) is 6.30. The highest BCUT2D eigenvalue weighted by molar-refractivity contribution is 6.01. The van der Waals surface area contributed by atoms with Gasteiger partial charge in [-0.3, -0.25) is 14.4 Å². The molecule has 1 unspecified atom stereocenters. The molecule has 0 radical (unpaired) electrons. The van der Waals surface area contributed by atoms with E-state index in [0.717, 1.165) is 0 Å². The molecule has 0 aliphatic carbocycles. The van der Waals surface area contributed by atoms with Crippen LogP contribution in [0, 0.1) is 0 Å². The molecule has 3 amide bonds. The summed E-state index contributed by atoms with van der Waals surface area (Å²) in [6.07, 6.45) is -2.25. The molecular formula is C15H22N2O8. The second kappa shape index (κ2) is 8.45. The lowest BCUT2D eigenvalue weighted by atomic mass is 10.2. The predicted octanol–water partition coefficient (Wildman–Crippen LogP) is 0.440. The van der Waals surface area contributed by atoms with Gasteiger partial charge < -0.3 is 19.6 Å². The Bertz CT molecular complexity index is 550. The standard InChI is InChI=1S/C15H22N2O8/c1-9(13(21)25-17-10(18)5-6-11(17)19)23-12(20)7-8-16-14(22)24-15(2,3)4/h9H,5-8H2,1-4H3,(H,16,22). The molecule has 25 heavy (non-hydrogen) atoms. The highest BCUT2D eigenvalue weighted by Gasteiger charge is 2.34. The van der Waals surface area contributed by atoms with Crippen molar-refractivity contribution in [1.82, 2.24) is 10.4 Å². The summed E-state index contributed by atoms with van der Waals surface area (Å²) in [7, 11) is 0. The first-order chi connectivity index (χ1) is 11.5. The van der Waals surface area contributed by atoms with Crippen LogP contribution < -0.4 is 5.32 Å². The first-order valence-corrected chi connectivity index (χ1v) is 7.73. The number of rotatable bonds is 6. The third-order valence-corrected chi connectivity index (χ3v) is 2.82. The summed E-state index contributed by atoms with van der Waals surface area (Å²) in [4.78, 5) is 62.0. The van der Waals surface area contributed by atoms with Crippen molar-refractivity contribution in [2.24, 2.45) is 0 Å². The lowest BCUT2D eigenvalue weighted by Gasteiger charge is -2.19. The van der Waals surface area contributed by atoms with Crippen molar-refractivity contribution in [3.8, 4) is 0 Å². The minimum atomic E-state index is -1.31. The molecule has 1 N–H and O–H groups in total. The quantitative estimate of drug-likeness (QED) is 0.535. The minimum Gasteiger partial charge on any atom is -0.450 e. The van der Waals surface area contributed by atoms with Gasteiger partial charge in [0.2, 0.25) is 0 Å². The number of nitrogens with one attached hydrogen (secondary N) is 1. The summed E-state index contributed by atoms with van der Waals surface area (Å²) in [5, 5.41) is 2.74. The topological polar surface area (TPSA) is 128 Å². The van der Waals surface area contributed by atoms with Crippen LogP contribution in [0.25, 0.3) is 0 Å². The van der Waals surface area contributed by atoms with E-state index in [0.29, 0.717) is 5.06 Å². The molecule has 140 valence electrons. The molecule has 1 rings (SSSR count). The Morgan fingerprint density at radius 2 is 1.72 bits per heavy atom. The third-order valence-electron chi connectivity index (χ3n) is 2.82. The van der Waals surface area contributed by atoms with Gasteiger partial charge in [-0.1, -0.05) is 0 Å². The van der Waals surface area contributed by atoms with E-state index in [2.05, 4.69) is 10.2 Å². The number of ether oxygens (including phenoxy) is 2. The molecule has 0 bridgehead atoms. The molecule has 0 spiro atoms. The van der Waals surface area contributed by atoms with E-state index in [1.165, 1.54) is 6.92 Å². The van der Waals surface area contributed by atoms with Gasteiger partial charge in [0.1, 0.15) is 5.60 Å². The SMILES string of the molecule is CC(OC(=O)CCNC(=O)OC(C)(C)C)C(=O)ON1C(=O)CCC1=O. The fourth-order valence-corrected chi connectivity index (χ4v) is 1.71. The van der Waals surface area contributed by atoms with Gasteiger partial charge in [-0.25, -0.2) is 9.59 Å². The highest BCUT2D eigenvalue weighted by atomic mass is 16.7. The molecule has 1 aliphatic rings. The van der Waals surface area contributed by atoms with E-state index in [-0.39, 0.29) is 25.8 Å². The number of imide groups is 1. The van der Waals surface area contributed by atoms with Crippen LogP contribution in [0.15, 0.2) is 0 Å². The molecule has 0 aromatic rings. The molecule has 10 heteroatoms. The first-order valence-electron chi connectivity index (χ1n) is 7.73. The van der Waals surface area contributed by atoms with Crippen molar-refractivity contribution >= 4 is 29.8 Å². The Balaban J connectivity index is 2.31. The summed E-state index contributed by atoms with van der Waals surface area (Å²) in [5.74, 6) is -3.06. The summed E-state index contributed by atoms with van der Waals surface area (Å²) < 4.78 is 9.81. The fraction of sp³-hybridized carbons (Fsp3) is 0.667. The number of hydrogen-bond donors (Lipinski definition) is 1. The zero-order chi connectivity index (χ0) is 19.2. The van der Waals surface area contributed by atoms with Gasteiger partial charge in [0.05, 0.1) is 6.42 Å². The van der Waals surface area contributed by atoms with Gasteiger partial charge in [-0.15, -0.1) is 5.06 Å². The van der Waals surface area contributed by atoms with Crippen LogP contribution in [-0.4, -0.2) is 53.2 Å². The van der Waals surface area contributed by atoms with Gasteiger partial charge in [0, 0.05) is 19.4 Å². The lowest BCUT2D eigenvalue weighted by molar-refractivity contribution is -0.205. The summed E-state index contributed by atoms with van der Waals surface area (Å²) in [6.45, 7) is 6.29. The summed E-state index contributed by atoms with van der Waals surface area (Å²) in [6, 6.07) is 0. The molecule has 1 atom stereocenters. The number of carbonyl (C=O) groups is 5. The normalized spacial score (nSPS) is 15.6. The van der Waals surface area contributed by atoms with Crippen molar-refractivity contribution in [1.29, 1.82) is 0 Å². The number of hydrogen-bond acceptors (Lipinski definition) is 8. The monoisotopic (exact) mass is 358 g/mol. The second-order valence-electron chi connectivity index (χ2n) is 6.30. The van der Waals surface area contributed by atoms with Crippen LogP contribution >= 0.6 is 0 Å². The van der Waals surface area contributed by atoms with Crippen LogP contribution in [0.4, 0.5) is 4.79 Å². The predicted molar refractivity (Wildman–Crippen MR) is 81.6 cm³/mol. The van der Waals surface area contributed by atoms with Crippen LogP contribution in [0.3, 0.4) is 0 Å². The summed E-state index contributed by atoms with van der Waals surface area (Å²) in [5.41, 5.74) is -0.659. The van der Waals surface area contributed by atoms with E-state index in [9.17, 15) is 24.0 Å². The maximum atomic E-state index is 11.7. The summed E-state index contributed by atoms with van der Waals surface area (Å²) >= 11 is 0.